The maximum absolute atomic E-state index is 12.9. The Kier molecular flexibility index (Phi) is 5.90. The fourth-order valence-electron chi connectivity index (χ4n) is 2.90. The van der Waals surface area contributed by atoms with Crippen LogP contribution >= 0.6 is 22.6 Å². The minimum absolute atomic E-state index is 0.0152. The number of hydrogen-bond acceptors (Lipinski definition) is 2. The summed E-state index contributed by atoms with van der Waals surface area (Å²) in [6.45, 7) is 5.15. The van der Waals surface area contributed by atoms with E-state index in [1.165, 1.54) is 12.8 Å². The van der Waals surface area contributed by atoms with Crippen LogP contribution in [0.2, 0.25) is 0 Å². The molecular weight excluding hydrogens is 377 g/mol. The Morgan fingerprint density at radius 1 is 1.38 bits per heavy atom. The number of nitrogens with zero attached hydrogens (tertiary/aromatic N) is 1. The van der Waals surface area contributed by atoms with Crippen molar-refractivity contribution in [2.75, 3.05) is 6.54 Å². The SMILES string of the molecule is CC(C)CCN(C(=O)c1cc(I)ccc1O)C1CCCC1. The van der Waals surface area contributed by atoms with Gasteiger partial charge in [0.2, 0.25) is 0 Å². The third kappa shape index (κ3) is 4.34. The molecule has 0 bridgehead atoms. The largest absolute Gasteiger partial charge is 0.507 e. The molecule has 1 aliphatic rings. The van der Waals surface area contributed by atoms with E-state index >= 15 is 0 Å². The number of amides is 1. The van der Waals surface area contributed by atoms with Gasteiger partial charge in [0.05, 0.1) is 5.56 Å². The first-order valence-electron chi connectivity index (χ1n) is 7.78. The van der Waals surface area contributed by atoms with Crippen molar-refractivity contribution in [1.29, 1.82) is 0 Å². The Balaban J connectivity index is 2.21. The van der Waals surface area contributed by atoms with Crippen LogP contribution in [0.15, 0.2) is 18.2 Å². The van der Waals surface area contributed by atoms with Gasteiger partial charge in [0.1, 0.15) is 5.75 Å². The number of aromatic hydroxyl groups is 1. The van der Waals surface area contributed by atoms with Crippen LogP contribution in [0.3, 0.4) is 0 Å². The Labute approximate surface area is 140 Å². The van der Waals surface area contributed by atoms with E-state index in [9.17, 15) is 9.90 Å². The molecular formula is C17H24INO2. The van der Waals surface area contributed by atoms with Gasteiger partial charge in [0, 0.05) is 16.2 Å². The van der Waals surface area contributed by atoms with Crippen LogP contribution in [0.5, 0.6) is 5.75 Å². The molecule has 0 atom stereocenters. The average molecular weight is 401 g/mol. The Morgan fingerprint density at radius 2 is 2.05 bits per heavy atom. The number of hydrogen-bond donors (Lipinski definition) is 1. The molecule has 0 heterocycles. The fraction of sp³-hybridized carbons (Fsp3) is 0.588. The number of carbonyl (C=O) groups excluding carboxylic acids is 1. The molecule has 0 saturated heterocycles. The van der Waals surface area contributed by atoms with Crippen molar-refractivity contribution in [3.63, 3.8) is 0 Å². The smallest absolute Gasteiger partial charge is 0.257 e. The van der Waals surface area contributed by atoms with E-state index in [1.807, 2.05) is 11.0 Å². The van der Waals surface area contributed by atoms with Gasteiger partial charge in [-0.3, -0.25) is 4.79 Å². The van der Waals surface area contributed by atoms with Gasteiger partial charge < -0.3 is 10.0 Å². The monoisotopic (exact) mass is 401 g/mol. The predicted octanol–water partition coefficient (Wildman–Crippen LogP) is 4.43. The topological polar surface area (TPSA) is 40.5 Å². The fourth-order valence-corrected chi connectivity index (χ4v) is 3.39. The van der Waals surface area contributed by atoms with Crippen molar-refractivity contribution in [3.05, 3.63) is 27.3 Å². The van der Waals surface area contributed by atoms with E-state index in [4.69, 9.17) is 0 Å². The Morgan fingerprint density at radius 3 is 2.67 bits per heavy atom. The highest BCUT2D eigenvalue weighted by molar-refractivity contribution is 14.1. The maximum Gasteiger partial charge on any atom is 0.257 e. The first-order valence-corrected chi connectivity index (χ1v) is 8.86. The summed E-state index contributed by atoms with van der Waals surface area (Å²) in [6.07, 6.45) is 5.60. The van der Waals surface area contributed by atoms with Crippen molar-refractivity contribution in [3.8, 4) is 5.75 Å². The molecule has 0 aromatic heterocycles. The van der Waals surface area contributed by atoms with E-state index in [0.29, 0.717) is 17.5 Å². The van der Waals surface area contributed by atoms with Crippen molar-refractivity contribution < 1.29 is 9.90 Å². The summed E-state index contributed by atoms with van der Waals surface area (Å²) in [7, 11) is 0. The summed E-state index contributed by atoms with van der Waals surface area (Å²) in [6, 6.07) is 5.56. The summed E-state index contributed by atoms with van der Waals surface area (Å²) < 4.78 is 0.976. The van der Waals surface area contributed by atoms with Crippen molar-refractivity contribution in [1.82, 2.24) is 4.90 Å². The number of halogens is 1. The van der Waals surface area contributed by atoms with Gasteiger partial charge in [0.15, 0.2) is 0 Å². The van der Waals surface area contributed by atoms with E-state index in [2.05, 4.69) is 36.4 Å². The summed E-state index contributed by atoms with van der Waals surface area (Å²) in [5, 5.41) is 10.0. The molecule has 0 aliphatic heterocycles. The lowest BCUT2D eigenvalue weighted by molar-refractivity contribution is 0.0669. The minimum Gasteiger partial charge on any atom is -0.507 e. The highest BCUT2D eigenvalue weighted by atomic mass is 127. The van der Waals surface area contributed by atoms with Gasteiger partial charge in [-0.1, -0.05) is 26.7 Å². The quantitative estimate of drug-likeness (QED) is 0.742. The molecule has 116 valence electrons. The zero-order chi connectivity index (χ0) is 15.4. The lowest BCUT2D eigenvalue weighted by Gasteiger charge is -2.30. The molecule has 0 unspecified atom stereocenters. The summed E-state index contributed by atoms with van der Waals surface area (Å²) in [4.78, 5) is 14.9. The first-order chi connectivity index (χ1) is 9.99. The van der Waals surface area contributed by atoms with Crippen LogP contribution in [0.4, 0.5) is 0 Å². The molecule has 1 aliphatic carbocycles. The van der Waals surface area contributed by atoms with Gasteiger partial charge in [-0.2, -0.15) is 0 Å². The van der Waals surface area contributed by atoms with Crippen LogP contribution in [0, 0.1) is 9.49 Å². The van der Waals surface area contributed by atoms with E-state index < -0.39 is 0 Å². The zero-order valence-electron chi connectivity index (χ0n) is 12.8. The van der Waals surface area contributed by atoms with Gasteiger partial charge in [-0.05, 0) is 66.0 Å². The Bertz CT molecular complexity index is 496. The first kappa shape index (κ1) is 16.6. The van der Waals surface area contributed by atoms with Crippen LogP contribution in [-0.4, -0.2) is 28.5 Å². The molecule has 2 rings (SSSR count). The normalized spacial score (nSPS) is 15.6. The number of phenolic OH excluding ortho intramolecular Hbond substituents is 1. The van der Waals surface area contributed by atoms with Crippen LogP contribution in [0.25, 0.3) is 0 Å². The highest BCUT2D eigenvalue weighted by Gasteiger charge is 2.28. The third-order valence-corrected chi connectivity index (χ3v) is 4.83. The van der Waals surface area contributed by atoms with E-state index in [-0.39, 0.29) is 11.7 Å². The lowest BCUT2D eigenvalue weighted by atomic mass is 10.1. The highest BCUT2D eigenvalue weighted by Crippen LogP contribution is 2.28. The molecule has 1 fully saturated rings. The molecule has 1 aromatic rings. The summed E-state index contributed by atoms with van der Waals surface area (Å²) in [5.74, 6) is 0.651. The van der Waals surface area contributed by atoms with E-state index in [0.717, 1.165) is 29.4 Å². The van der Waals surface area contributed by atoms with Crippen LogP contribution < -0.4 is 0 Å². The number of carbonyl (C=O) groups is 1. The molecule has 1 aromatic carbocycles. The zero-order valence-corrected chi connectivity index (χ0v) is 15.0. The summed E-state index contributed by atoms with van der Waals surface area (Å²) in [5.41, 5.74) is 0.442. The molecule has 1 N–H and O–H groups in total. The van der Waals surface area contributed by atoms with Crippen LogP contribution in [-0.2, 0) is 0 Å². The van der Waals surface area contributed by atoms with Crippen molar-refractivity contribution in [2.45, 2.75) is 52.0 Å². The second kappa shape index (κ2) is 7.47. The number of rotatable bonds is 5. The molecule has 0 radical (unpaired) electrons. The van der Waals surface area contributed by atoms with Crippen molar-refractivity contribution in [2.24, 2.45) is 5.92 Å². The van der Waals surface area contributed by atoms with Gasteiger partial charge in [0.25, 0.3) is 5.91 Å². The Hall–Kier alpha value is -0.780. The maximum atomic E-state index is 12.9. The van der Waals surface area contributed by atoms with E-state index in [1.54, 1.807) is 12.1 Å². The number of phenols is 1. The third-order valence-electron chi connectivity index (χ3n) is 4.16. The number of benzene rings is 1. The standard InChI is InChI=1S/C17H24INO2/c1-12(2)9-10-19(14-5-3-4-6-14)17(21)15-11-13(18)7-8-16(15)20/h7-8,11-12,14,20H,3-6,9-10H2,1-2H3. The van der Waals surface area contributed by atoms with Gasteiger partial charge >= 0.3 is 0 Å². The molecule has 21 heavy (non-hydrogen) atoms. The second-order valence-corrected chi connectivity index (χ2v) is 7.53. The molecule has 1 saturated carbocycles. The average Bonchev–Trinajstić information content (AvgIpc) is 2.95. The second-order valence-electron chi connectivity index (χ2n) is 6.28. The van der Waals surface area contributed by atoms with Gasteiger partial charge in [-0.25, -0.2) is 0 Å². The van der Waals surface area contributed by atoms with Crippen LogP contribution in [0.1, 0.15) is 56.3 Å². The molecule has 0 spiro atoms. The minimum atomic E-state index is -0.0152. The summed E-state index contributed by atoms with van der Waals surface area (Å²) >= 11 is 2.18. The van der Waals surface area contributed by atoms with Gasteiger partial charge in [-0.15, -0.1) is 0 Å². The predicted molar refractivity (Wildman–Crippen MR) is 93.6 cm³/mol. The molecule has 1 amide bonds. The molecule has 4 heteroatoms. The van der Waals surface area contributed by atoms with Crippen molar-refractivity contribution >= 4 is 28.5 Å². The molecule has 3 nitrogen and oxygen atoms in total. The lowest BCUT2D eigenvalue weighted by Crippen LogP contribution is -2.40.